The van der Waals surface area contributed by atoms with Gasteiger partial charge in [-0.1, -0.05) is 19.3 Å². The largest absolute Gasteiger partial charge is 0.493 e. The normalized spacial score (nSPS) is 26.0. The van der Waals surface area contributed by atoms with Crippen LogP contribution in [0.4, 0.5) is 0 Å². The highest BCUT2D eigenvalue weighted by atomic mass is 16.5. The van der Waals surface area contributed by atoms with Gasteiger partial charge in [0.2, 0.25) is 0 Å². The van der Waals surface area contributed by atoms with Crippen LogP contribution in [0.25, 0.3) is 10.9 Å². The molecule has 3 heteroatoms. The highest BCUT2D eigenvalue weighted by molar-refractivity contribution is 5.82. The van der Waals surface area contributed by atoms with Crippen LogP contribution in [0.5, 0.6) is 5.75 Å². The summed E-state index contributed by atoms with van der Waals surface area (Å²) in [6.07, 6.45) is 11.9. The molecule has 0 aliphatic heterocycles. The van der Waals surface area contributed by atoms with Crippen molar-refractivity contribution >= 4 is 10.9 Å². The number of H-pyrrole nitrogens is 1. The molecule has 1 heterocycles. The number of rotatable bonds is 4. The summed E-state index contributed by atoms with van der Waals surface area (Å²) in [7, 11) is 0. The Morgan fingerprint density at radius 1 is 1.09 bits per heavy atom. The first-order chi connectivity index (χ1) is 10.8. The number of fused-ring (bicyclic) bond motifs is 1. The number of benzene rings is 1. The number of aromatic nitrogens is 2. The zero-order chi connectivity index (χ0) is 14.9. The smallest absolute Gasteiger partial charge is 0.121 e. The standard InChI is InChI=1S/C19H26N2O/c1-13-9-17(10-19-18(13)11-20-21-19)22-12-14-5-7-16(8-6-14)15-3-2-4-15/h9-11,14-16H,2-8,12H2,1H3,(H,20,21). The Hall–Kier alpha value is -1.51. The Kier molecular flexibility index (Phi) is 3.81. The van der Waals surface area contributed by atoms with Crippen molar-refractivity contribution in [2.45, 2.75) is 51.9 Å². The molecule has 0 spiro atoms. The third-order valence-electron chi connectivity index (χ3n) is 5.93. The van der Waals surface area contributed by atoms with Crippen LogP contribution in [-0.4, -0.2) is 16.8 Å². The van der Waals surface area contributed by atoms with Gasteiger partial charge in [0.05, 0.1) is 18.3 Å². The van der Waals surface area contributed by atoms with E-state index in [1.54, 1.807) is 0 Å². The van der Waals surface area contributed by atoms with E-state index >= 15 is 0 Å². The van der Waals surface area contributed by atoms with Gasteiger partial charge in [0.1, 0.15) is 5.75 Å². The Morgan fingerprint density at radius 3 is 2.59 bits per heavy atom. The lowest BCUT2D eigenvalue weighted by atomic mass is 9.68. The van der Waals surface area contributed by atoms with Crippen molar-refractivity contribution in [1.29, 1.82) is 0 Å². The Balaban J connectivity index is 1.32. The van der Waals surface area contributed by atoms with Crippen molar-refractivity contribution < 1.29 is 4.74 Å². The minimum absolute atomic E-state index is 0.745. The van der Waals surface area contributed by atoms with Gasteiger partial charge in [0.15, 0.2) is 0 Å². The molecule has 2 saturated carbocycles. The molecule has 118 valence electrons. The van der Waals surface area contributed by atoms with Crippen molar-refractivity contribution in [1.82, 2.24) is 10.2 Å². The van der Waals surface area contributed by atoms with E-state index in [0.29, 0.717) is 0 Å². The first-order valence-corrected chi connectivity index (χ1v) is 8.86. The van der Waals surface area contributed by atoms with Crippen LogP contribution >= 0.6 is 0 Å². The van der Waals surface area contributed by atoms with Gasteiger partial charge in [-0.15, -0.1) is 0 Å². The van der Waals surface area contributed by atoms with Crippen LogP contribution in [0.15, 0.2) is 18.3 Å². The predicted molar refractivity (Wildman–Crippen MR) is 89.1 cm³/mol. The van der Waals surface area contributed by atoms with Crippen LogP contribution in [0, 0.1) is 24.7 Å². The molecule has 2 aliphatic rings. The molecule has 0 atom stereocenters. The van der Waals surface area contributed by atoms with Crippen molar-refractivity contribution in [3.8, 4) is 5.75 Å². The van der Waals surface area contributed by atoms with Crippen molar-refractivity contribution in [3.05, 3.63) is 23.9 Å². The van der Waals surface area contributed by atoms with Crippen LogP contribution < -0.4 is 4.74 Å². The summed E-state index contributed by atoms with van der Waals surface area (Å²) < 4.78 is 6.09. The second-order valence-corrected chi connectivity index (χ2v) is 7.35. The third kappa shape index (κ3) is 2.73. The van der Waals surface area contributed by atoms with Crippen LogP contribution in [0.1, 0.15) is 50.5 Å². The number of aromatic amines is 1. The Morgan fingerprint density at radius 2 is 1.86 bits per heavy atom. The molecule has 0 unspecified atom stereocenters. The summed E-state index contributed by atoms with van der Waals surface area (Å²) in [6, 6.07) is 4.22. The fourth-order valence-corrected chi connectivity index (χ4v) is 4.23. The number of hydrogen-bond acceptors (Lipinski definition) is 2. The molecular weight excluding hydrogens is 272 g/mol. The summed E-state index contributed by atoms with van der Waals surface area (Å²) in [5, 5.41) is 8.34. The average molecular weight is 298 g/mol. The van der Waals surface area contributed by atoms with Gasteiger partial charge in [-0.2, -0.15) is 5.10 Å². The fraction of sp³-hybridized carbons (Fsp3) is 0.632. The van der Waals surface area contributed by atoms with Gasteiger partial charge in [0, 0.05) is 11.5 Å². The monoisotopic (exact) mass is 298 g/mol. The van der Waals surface area contributed by atoms with Crippen LogP contribution in [-0.2, 0) is 0 Å². The first-order valence-electron chi connectivity index (χ1n) is 8.86. The minimum Gasteiger partial charge on any atom is -0.493 e. The van der Waals surface area contributed by atoms with E-state index in [1.807, 2.05) is 6.20 Å². The van der Waals surface area contributed by atoms with Crippen molar-refractivity contribution in [2.75, 3.05) is 6.61 Å². The molecule has 1 aromatic carbocycles. The second kappa shape index (κ2) is 5.94. The number of ether oxygens (including phenoxy) is 1. The van der Waals surface area contributed by atoms with E-state index in [0.717, 1.165) is 35.6 Å². The second-order valence-electron chi connectivity index (χ2n) is 7.35. The number of nitrogens with one attached hydrogen (secondary N) is 1. The summed E-state index contributed by atoms with van der Waals surface area (Å²) in [4.78, 5) is 0. The summed E-state index contributed by atoms with van der Waals surface area (Å²) in [5.74, 6) is 3.81. The van der Waals surface area contributed by atoms with Gasteiger partial charge in [-0.25, -0.2) is 0 Å². The summed E-state index contributed by atoms with van der Waals surface area (Å²) in [5.41, 5.74) is 2.30. The number of nitrogens with zero attached hydrogens (tertiary/aromatic N) is 1. The lowest BCUT2D eigenvalue weighted by Gasteiger charge is -2.38. The molecule has 22 heavy (non-hydrogen) atoms. The highest BCUT2D eigenvalue weighted by Gasteiger charge is 2.31. The molecule has 0 radical (unpaired) electrons. The molecule has 3 nitrogen and oxygen atoms in total. The minimum atomic E-state index is 0.745. The first kappa shape index (κ1) is 14.1. The molecule has 0 amide bonds. The fourth-order valence-electron chi connectivity index (χ4n) is 4.23. The zero-order valence-electron chi connectivity index (χ0n) is 13.5. The molecule has 2 aromatic rings. The molecule has 4 rings (SSSR count). The van der Waals surface area contributed by atoms with Crippen LogP contribution in [0.2, 0.25) is 0 Å². The molecule has 0 saturated heterocycles. The van der Waals surface area contributed by atoms with Gasteiger partial charge in [0.25, 0.3) is 0 Å². The number of aryl methyl sites for hydroxylation is 1. The van der Waals surface area contributed by atoms with E-state index < -0.39 is 0 Å². The van der Waals surface area contributed by atoms with E-state index in [-0.39, 0.29) is 0 Å². The SMILES string of the molecule is Cc1cc(OCC2CCC(C3CCC3)CC2)cc2[nH]ncc12. The van der Waals surface area contributed by atoms with E-state index in [4.69, 9.17) is 4.74 Å². The van der Waals surface area contributed by atoms with Gasteiger partial charge in [-0.3, -0.25) is 5.10 Å². The summed E-state index contributed by atoms with van der Waals surface area (Å²) in [6.45, 7) is 2.99. The molecule has 2 fully saturated rings. The molecular formula is C19H26N2O. The maximum atomic E-state index is 6.09. The highest BCUT2D eigenvalue weighted by Crippen LogP contribution is 2.42. The van der Waals surface area contributed by atoms with E-state index in [9.17, 15) is 0 Å². The van der Waals surface area contributed by atoms with Gasteiger partial charge >= 0.3 is 0 Å². The van der Waals surface area contributed by atoms with Crippen LogP contribution in [0.3, 0.4) is 0 Å². The molecule has 0 bridgehead atoms. The third-order valence-corrected chi connectivity index (χ3v) is 5.93. The predicted octanol–water partition coefficient (Wildman–Crippen LogP) is 4.86. The van der Waals surface area contributed by atoms with Crippen molar-refractivity contribution in [2.24, 2.45) is 17.8 Å². The zero-order valence-corrected chi connectivity index (χ0v) is 13.5. The van der Waals surface area contributed by atoms with E-state index in [2.05, 4.69) is 29.3 Å². The quantitative estimate of drug-likeness (QED) is 0.875. The Bertz CT molecular complexity index is 636. The summed E-state index contributed by atoms with van der Waals surface area (Å²) >= 11 is 0. The lowest BCUT2D eigenvalue weighted by Crippen LogP contribution is -2.28. The topological polar surface area (TPSA) is 37.9 Å². The van der Waals surface area contributed by atoms with Gasteiger partial charge < -0.3 is 4.74 Å². The molecule has 2 aliphatic carbocycles. The lowest BCUT2D eigenvalue weighted by molar-refractivity contribution is 0.116. The molecule has 1 N–H and O–H groups in total. The Labute approximate surface area is 132 Å². The number of hydrogen-bond donors (Lipinski definition) is 1. The van der Waals surface area contributed by atoms with E-state index in [1.165, 1.54) is 55.9 Å². The maximum absolute atomic E-state index is 6.09. The van der Waals surface area contributed by atoms with Crippen molar-refractivity contribution in [3.63, 3.8) is 0 Å². The maximum Gasteiger partial charge on any atom is 0.121 e. The average Bonchev–Trinajstić information content (AvgIpc) is 2.94. The molecule has 1 aromatic heterocycles. The van der Waals surface area contributed by atoms with Gasteiger partial charge in [-0.05, 0) is 62.0 Å².